The number of ketones is 2. The van der Waals surface area contributed by atoms with Gasteiger partial charge in [0.15, 0.2) is 5.78 Å². The highest BCUT2D eigenvalue weighted by atomic mass is 16.5. The molecule has 2 amide bonds. The molecule has 1 saturated heterocycles. The van der Waals surface area contributed by atoms with Gasteiger partial charge in [-0.25, -0.2) is 0 Å². The van der Waals surface area contributed by atoms with Gasteiger partial charge in [0.2, 0.25) is 11.8 Å². The second-order valence-corrected chi connectivity index (χ2v) is 17.1. The minimum Gasteiger partial charge on any atom is -0.388 e. The third kappa shape index (κ3) is 13.2. The van der Waals surface area contributed by atoms with Crippen molar-refractivity contribution in [2.45, 2.75) is 158 Å². The van der Waals surface area contributed by atoms with Crippen molar-refractivity contribution in [2.24, 2.45) is 35.5 Å². The number of likely N-dealkylation sites (N-methyl/N-ethyl adjacent to an activating group) is 2. The van der Waals surface area contributed by atoms with Crippen molar-refractivity contribution < 1.29 is 33.8 Å². The van der Waals surface area contributed by atoms with Crippen molar-refractivity contribution in [2.75, 3.05) is 34.9 Å². The summed E-state index contributed by atoms with van der Waals surface area (Å²) in [5.41, 5.74) is 0.777. The Morgan fingerprint density at radius 1 is 0.836 bits per heavy atom. The number of aliphatic hydroxyl groups excluding tert-OH is 1. The van der Waals surface area contributed by atoms with Gasteiger partial charge in [-0.15, -0.1) is 0 Å². The van der Waals surface area contributed by atoms with Gasteiger partial charge >= 0.3 is 0 Å². The SMILES string of the molecule is C.CC[C@H](C)[C@@H]([C@@H](CC(=O)N1CCC[C@H]1[C@H](OC)[C@@H](C)C(=O)C[C@H](C)[C@@H](O)c1ccccc1)OC)N(C)C(=O)[C@@H](CC(=O)[C@H](C(C)C)N(C)C(C)C)C(C)C. The first-order valence-corrected chi connectivity index (χ1v) is 20.5. The molecule has 2 rings (SSSR count). The zero-order valence-electron chi connectivity index (χ0n) is 36.1. The summed E-state index contributed by atoms with van der Waals surface area (Å²) in [5, 5.41) is 10.9. The normalized spacial score (nSPS) is 19.7. The second kappa shape index (κ2) is 23.5. The van der Waals surface area contributed by atoms with Crippen molar-refractivity contribution in [3.8, 4) is 0 Å². The lowest BCUT2D eigenvalue weighted by Gasteiger charge is -2.41. The van der Waals surface area contributed by atoms with Gasteiger partial charge in [0, 0.05) is 58.5 Å². The Hall–Kier alpha value is -2.66. The molecule has 0 radical (unpaired) electrons. The van der Waals surface area contributed by atoms with Crippen molar-refractivity contribution in [1.29, 1.82) is 0 Å². The van der Waals surface area contributed by atoms with Gasteiger partial charge in [-0.2, -0.15) is 0 Å². The summed E-state index contributed by atoms with van der Waals surface area (Å²) in [7, 11) is 6.95. The Morgan fingerprint density at radius 2 is 1.44 bits per heavy atom. The lowest BCUT2D eigenvalue weighted by atomic mass is 9.83. The summed E-state index contributed by atoms with van der Waals surface area (Å²) in [6.45, 7) is 20.7. The third-order valence-electron chi connectivity index (χ3n) is 12.3. The van der Waals surface area contributed by atoms with Gasteiger partial charge in [-0.3, -0.25) is 24.1 Å². The van der Waals surface area contributed by atoms with Crippen LogP contribution in [0, 0.1) is 35.5 Å². The molecule has 0 spiro atoms. The number of aliphatic hydroxyl groups is 1. The number of ether oxygens (including phenoxy) is 2. The summed E-state index contributed by atoms with van der Waals surface area (Å²) in [5.74, 6) is -1.37. The van der Waals surface area contributed by atoms with Crippen LogP contribution in [0.1, 0.15) is 127 Å². The standard InChI is InChI=1S/C44H75N3O7.CH4/c1-15-30(8)41(46(12)44(52)34(27(2)3)25-37(49)40(28(4)5)45(11)29(6)7)38(53-13)26-39(50)47-23-19-22-35(47)43(54-14)32(10)36(48)24-31(9)42(51)33-20-17-16-18-21-33;/h16-18,20-21,27-32,34-35,38,40-43,51H,15,19,22-26H2,1-14H3;1H4/t30-,31-,32-,34-,35-,38+,40-,41-,42+,43+;/m0./s1. The van der Waals surface area contributed by atoms with Crippen LogP contribution in [0.3, 0.4) is 0 Å². The maximum Gasteiger partial charge on any atom is 0.226 e. The average molecular weight is 774 g/mol. The first-order chi connectivity index (χ1) is 25.3. The predicted octanol–water partition coefficient (Wildman–Crippen LogP) is 7.47. The topological polar surface area (TPSA) is 117 Å². The molecule has 1 heterocycles. The van der Waals surface area contributed by atoms with Gasteiger partial charge in [-0.1, -0.05) is 99.6 Å². The Labute approximate surface area is 335 Å². The van der Waals surface area contributed by atoms with Crippen LogP contribution in [0.15, 0.2) is 30.3 Å². The Balaban J connectivity index is 0.0000151. The van der Waals surface area contributed by atoms with E-state index < -0.39 is 36.2 Å². The Morgan fingerprint density at radius 3 is 1.93 bits per heavy atom. The number of benzene rings is 1. The molecule has 1 aromatic rings. The molecule has 1 aliphatic heterocycles. The molecule has 0 saturated carbocycles. The number of nitrogens with zero attached hydrogens (tertiary/aromatic N) is 3. The number of likely N-dealkylation sites (tertiary alicyclic amines) is 1. The molecule has 1 aromatic carbocycles. The molecule has 10 heteroatoms. The molecule has 1 N–H and O–H groups in total. The molecular weight excluding hydrogens is 695 g/mol. The van der Waals surface area contributed by atoms with Gasteiger partial charge < -0.3 is 24.4 Å². The number of hydrogen-bond acceptors (Lipinski definition) is 8. The molecule has 0 aliphatic carbocycles. The summed E-state index contributed by atoms with van der Waals surface area (Å²) in [4.78, 5) is 61.8. The highest BCUT2D eigenvalue weighted by Crippen LogP contribution is 2.33. The van der Waals surface area contributed by atoms with Crippen LogP contribution in [0.4, 0.5) is 0 Å². The van der Waals surface area contributed by atoms with E-state index >= 15 is 0 Å². The van der Waals surface area contributed by atoms with Crippen molar-refractivity contribution in [1.82, 2.24) is 14.7 Å². The van der Waals surface area contributed by atoms with E-state index in [1.807, 2.05) is 70.0 Å². The van der Waals surface area contributed by atoms with Gasteiger partial charge in [-0.05, 0) is 63.0 Å². The third-order valence-corrected chi connectivity index (χ3v) is 12.3. The van der Waals surface area contributed by atoms with E-state index in [4.69, 9.17) is 9.47 Å². The van der Waals surface area contributed by atoms with E-state index in [2.05, 4.69) is 46.4 Å². The molecular formula is C45H79N3O7. The molecule has 1 aliphatic rings. The van der Waals surface area contributed by atoms with E-state index in [1.165, 1.54) is 0 Å². The van der Waals surface area contributed by atoms with E-state index in [0.717, 1.165) is 18.4 Å². The Bertz CT molecular complexity index is 1320. The van der Waals surface area contributed by atoms with Crippen molar-refractivity contribution in [3.05, 3.63) is 35.9 Å². The zero-order chi connectivity index (χ0) is 41.0. The Kier molecular flexibility index (Phi) is 21.6. The lowest BCUT2D eigenvalue weighted by Crippen LogP contribution is -2.54. The van der Waals surface area contributed by atoms with E-state index in [0.29, 0.717) is 13.0 Å². The number of carbonyl (C=O) groups excluding carboxylic acids is 4. The highest BCUT2D eigenvalue weighted by Gasteiger charge is 2.43. The summed E-state index contributed by atoms with van der Waals surface area (Å²) in [6, 6.07) is 8.58. The fourth-order valence-electron chi connectivity index (χ4n) is 8.53. The second-order valence-electron chi connectivity index (χ2n) is 17.1. The maximum atomic E-state index is 14.4. The van der Waals surface area contributed by atoms with Crippen LogP contribution in [0.5, 0.6) is 0 Å². The van der Waals surface area contributed by atoms with Crippen molar-refractivity contribution >= 4 is 23.4 Å². The van der Waals surface area contributed by atoms with Gasteiger partial charge in [0.05, 0.1) is 42.9 Å². The first kappa shape index (κ1) is 50.4. The summed E-state index contributed by atoms with van der Waals surface area (Å²) in [6.07, 6.45) is 0.832. The number of hydrogen-bond donors (Lipinski definition) is 1. The van der Waals surface area contributed by atoms with E-state index in [9.17, 15) is 24.3 Å². The van der Waals surface area contributed by atoms with Crippen LogP contribution in [-0.2, 0) is 28.7 Å². The van der Waals surface area contributed by atoms with Crippen LogP contribution >= 0.6 is 0 Å². The van der Waals surface area contributed by atoms with Crippen molar-refractivity contribution in [3.63, 3.8) is 0 Å². The highest BCUT2D eigenvalue weighted by molar-refractivity contribution is 5.90. The fourth-order valence-corrected chi connectivity index (χ4v) is 8.53. The number of carbonyl (C=O) groups is 4. The van der Waals surface area contributed by atoms with Crippen LogP contribution in [0.2, 0.25) is 0 Å². The molecule has 0 aromatic heterocycles. The molecule has 1 fully saturated rings. The number of amides is 2. The molecule has 10 atom stereocenters. The van der Waals surface area contributed by atoms with Gasteiger partial charge in [0.1, 0.15) is 5.78 Å². The molecule has 55 heavy (non-hydrogen) atoms. The number of Topliss-reactive ketones (excluding diaryl/α,β-unsaturated/α-hetero) is 2. The molecule has 10 nitrogen and oxygen atoms in total. The van der Waals surface area contributed by atoms with Crippen LogP contribution < -0.4 is 0 Å². The van der Waals surface area contributed by atoms with Gasteiger partial charge in [0.25, 0.3) is 0 Å². The first-order valence-electron chi connectivity index (χ1n) is 20.5. The largest absolute Gasteiger partial charge is 0.388 e. The quantitative estimate of drug-likeness (QED) is 0.122. The summed E-state index contributed by atoms with van der Waals surface area (Å²) >= 11 is 0. The van der Waals surface area contributed by atoms with E-state index in [-0.39, 0.29) is 91.9 Å². The molecule has 316 valence electrons. The van der Waals surface area contributed by atoms with Crippen LogP contribution in [0.25, 0.3) is 0 Å². The smallest absolute Gasteiger partial charge is 0.226 e. The monoisotopic (exact) mass is 774 g/mol. The number of methoxy groups -OCH3 is 2. The lowest BCUT2D eigenvalue weighted by molar-refractivity contribution is -0.149. The minimum atomic E-state index is -0.762. The number of rotatable bonds is 23. The minimum absolute atomic E-state index is 0. The molecule has 0 bridgehead atoms. The predicted molar refractivity (Wildman–Crippen MR) is 223 cm³/mol. The maximum absolute atomic E-state index is 14.4. The average Bonchev–Trinajstić information content (AvgIpc) is 3.62. The molecule has 0 unspecified atom stereocenters. The van der Waals surface area contributed by atoms with Crippen LogP contribution in [-0.4, -0.2) is 114 Å². The summed E-state index contributed by atoms with van der Waals surface area (Å²) < 4.78 is 12.0. The van der Waals surface area contributed by atoms with E-state index in [1.54, 1.807) is 26.2 Å². The fraction of sp³-hybridized carbons (Fsp3) is 0.778. The zero-order valence-corrected chi connectivity index (χ0v) is 36.1.